The molecule has 18 heavy (non-hydrogen) atoms. The van der Waals surface area contributed by atoms with Crippen molar-refractivity contribution in [1.82, 2.24) is 0 Å². The predicted octanol–water partition coefficient (Wildman–Crippen LogP) is 2.36. The number of carboxylic acids is 1. The first-order valence-electron chi connectivity index (χ1n) is 5.88. The Balaban J connectivity index is 2.65. The molecular formula is C13H16O4S. The Morgan fingerprint density at radius 3 is 2.33 bits per heavy atom. The van der Waals surface area contributed by atoms with Crippen LogP contribution in [0.5, 0.6) is 0 Å². The van der Waals surface area contributed by atoms with E-state index >= 15 is 0 Å². The van der Waals surface area contributed by atoms with Crippen molar-refractivity contribution in [2.24, 2.45) is 0 Å². The molecule has 0 heterocycles. The van der Waals surface area contributed by atoms with Gasteiger partial charge in [0.15, 0.2) is 9.84 Å². The van der Waals surface area contributed by atoms with Crippen molar-refractivity contribution in [3.63, 3.8) is 0 Å². The lowest BCUT2D eigenvalue weighted by atomic mass is 9.79. The minimum Gasteiger partial charge on any atom is -0.478 e. The maximum absolute atomic E-state index is 11.8. The van der Waals surface area contributed by atoms with E-state index in [1.165, 1.54) is 6.07 Å². The Hall–Kier alpha value is -1.36. The van der Waals surface area contributed by atoms with Gasteiger partial charge in [0, 0.05) is 6.26 Å². The molecule has 0 atom stereocenters. The third kappa shape index (κ3) is 2.27. The highest BCUT2D eigenvalue weighted by molar-refractivity contribution is 7.90. The summed E-state index contributed by atoms with van der Waals surface area (Å²) in [6.45, 7) is 1.71. The van der Waals surface area contributed by atoms with Crippen LogP contribution in [-0.4, -0.2) is 25.7 Å². The molecule has 2 rings (SSSR count). The van der Waals surface area contributed by atoms with Gasteiger partial charge in [0.25, 0.3) is 0 Å². The Bertz CT molecular complexity index is 598. The molecule has 0 aliphatic heterocycles. The highest BCUT2D eigenvalue weighted by Gasteiger charge is 2.27. The van der Waals surface area contributed by atoms with Crippen molar-refractivity contribution in [2.45, 2.75) is 37.0 Å². The maximum Gasteiger partial charge on any atom is 0.335 e. The smallest absolute Gasteiger partial charge is 0.335 e. The van der Waals surface area contributed by atoms with E-state index in [9.17, 15) is 13.2 Å². The summed E-state index contributed by atoms with van der Waals surface area (Å²) >= 11 is 0. The van der Waals surface area contributed by atoms with Crippen LogP contribution in [0.25, 0.3) is 0 Å². The van der Waals surface area contributed by atoms with Crippen LogP contribution in [0.2, 0.25) is 0 Å². The second-order valence-electron chi connectivity index (χ2n) is 4.91. The standard InChI is InChI=1S/C13H16O4S/c1-8-6-11(9-4-3-5-9)12(18(2,16)17)7-10(8)13(14)15/h6-7,9H,3-5H2,1-2H3,(H,14,15). The summed E-state index contributed by atoms with van der Waals surface area (Å²) in [6, 6.07) is 3.03. The lowest BCUT2D eigenvalue weighted by Gasteiger charge is -2.28. The van der Waals surface area contributed by atoms with Gasteiger partial charge >= 0.3 is 5.97 Å². The fourth-order valence-electron chi connectivity index (χ4n) is 2.30. The summed E-state index contributed by atoms with van der Waals surface area (Å²) < 4.78 is 23.6. The molecule has 98 valence electrons. The molecule has 0 spiro atoms. The average molecular weight is 268 g/mol. The van der Waals surface area contributed by atoms with Gasteiger partial charge in [0.1, 0.15) is 0 Å². The van der Waals surface area contributed by atoms with Gasteiger partial charge < -0.3 is 5.11 Å². The molecule has 1 aromatic rings. The number of hydrogen-bond donors (Lipinski definition) is 1. The van der Waals surface area contributed by atoms with Crippen molar-refractivity contribution in [2.75, 3.05) is 6.26 Å². The van der Waals surface area contributed by atoms with E-state index in [0.29, 0.717) is 5.56 Å². The second-order valence-corrected chi connectivity index (χ2v) is 6.89. The molecule has 0 radical (unpaired) electrons. The zero-order valence-corrected chi connectivity index (χ0v) is 11.3. The van der Waals surface area contributed by atoms with Gasteiger partial charge in [-0.1, -0.05) is 12.5 Å². The number of hydrogen-bond acceptors (Lipinski definition) is 3. The van der Waals surface area contributed by atoms with Crippen LogP contribution in [0.1, 0.15) is 46.7 Å². The minimum atomic E-state index is -3.39. The van der Waals surface area contributed by atoms with E-state index in [-0.39, 0.29) is 16.4 Å². The molecule has 1 aromatic carbocycles. The van der Waals surface area contributed by atoms with Gasteiger partial charge in [-0.2, -0.15) is 0 Å². The van der Waals surface area contributed by atoms with Crippen molar-refractivity contribution < 1.29 is 18.3 Å². The third-order valence-corrected chi connectivity index (χ3v) is 4.68. The number of benzene rings is 1. The molecule has 1 N–H and O–H groups in total. The molecule has 4 nitrogen and oxygen atoms in total. The summed E-state index contributed by atoms with van der Waals surface area (Å²) in [6.07, 6.45) is 4.20. The van der Waals surface area contributed by atoms with Crippen molar-refractivity contribution in [1.29, 1.82) is 0 Å². The van der Waals surface area contributed by atoms with Gasteiger partial charge in [-0.25, -0.2) is 13.2 Å². The van der Waals surface area contributed by atoms with Gasteiger partial charge in [-0.3, -0.25) is 0 Å². The molecule has 5 heteroatoms. The molecule has 0 saturated heterocycles. The zero-order chi connectivity index (χ0) is 13.5. The van der Waals surface area contributed by atoms with Crippen LogP contribution in [0.15, 0.2) is 17.0 Å². The Labute approximate surface area is 107 Å². The zero-order valence-electron chi connectivity index (χ0n) is 10.4. The van der Waals surface area contributed by atoms with E-state index in [0.717, 1.165) is 31.1 Å². The summed E-state index contributed by atoms with van der Waals surface area (Å²) in [4.78, 5) is 11.2. The molecule has 1 aliphatic rings. The Morgan fingerprint density at radius 2 is 1.94 bits per heavy atom. The largest absolute Gasteiger partial charge is 0.478 e. The van der Waals surface area contributed by atoms with E-state index < -0.39 is 15.8 Å². The normalized spacial score (nSPS) is 16.3. The summed E-state index contributed by atoms with van der Waals surface area (Å²) in [5.41, 5.74) is 1.47. The van der Waals surface area contributed by atoms with Crippen molar-refractivity contribution in [3.8, 4) is 0 Å². The monoisotopic (exact) mass is 268 g/mol. The first-order chi connectivity index (χ1) is 8.30. The molecule has 0 amide bonds. The van der Waals surface area contributed by atoms with Crippen LogP contribution in [0, 0.1) is 6.92 Å². The van der Waals surface area contributed by atoms with E-state index in [1.54, 1.807) is 13.0 Å². The molecule has 0 unspecified atom stereocenters. The summed E-state index contributed by atoms with van der Waals surface area (Å²) in [5.74, 6) is -0.825. The fourth-order valence-corrected chi connectivity index (χ4v) is 3.29. The number of rotatable bonds is 3. The first kappa shape index (κ1) is 13.1. The Morgan fingerprint density at radius 1 is 1.33 bits per heavy atom. The van der Waals surface area contributed by atoms with E-state index in [4.69, 9.17) is 5.11 Å². The van der Waals surface area contributed by atoms with E-state index in [2.05, 4.69) is 0 Å². The van der Waals surface area contributed by atoms with Crippen LogP contribution < -0.4 is 0 Å². The molecular weight excluding hydrogens is 252 g/mol. The molecule has 1 fully saturated rings. The Kier molecular flexibility index (Phi) is 3.19. The predicted molar refractivity (Wildman–Crippen MR) is 67.8 cm³/mol. The van der Waals surface area contributed by atoms with Gasteiger partial charge in [-0.15, -0.1) is 0 Å². The van der Waals surface area contributed by atoms with Crippen molar-refractivity contribution >= 4 is 15.8 Å². The fraction of sp³-hybridized carbons (Fsp3) is 0.462. The average Bonchev–Trinajstić information content (AvgIpc) is 2.11. The summed E-state index contributed by atoms with van der Waals surface area (Å²) in [7, 11) is -3.39. The molecule has 1 aliphatic carbocycles. The molecule has 0 aromatic heterocycles. The van der Waals surface area contributed by atoms with E-state index in [1.807, 2.05) is 0 Å². The highest BCUT2D eigenvalue weighted by Crippen LogP contribution is 2.40. The van der Waals surface area contributed by atoms with Crippen LogP contribution in [0.4, 0.5) is 0 Å². The maximum atomic E-state index is 11.8. The minimum absolute atomic E-state index is 0.0681. The number of sulfone groups is 1. The number of carbonyl (C=O) groups is 1. The second kappa shape index (κ2) is 4.39. The van der Waals surface area contributed by atoms with Gasteiger partial charge in [0.05, 0.1) is 10.5 Å². The number of aromatic carboxylic acids is 1. The lowest BCUT2D eigenvalue weighted by Crippen LogP contribution is -2.15. The number of carboxylic acid groups (broad SMARTS) is 1. The summed E-state index contributed by atoms with van der Waals surface area (Å²) in [5, 5.41) is 9.06. The lowest BCUT2D eigenvalue weighted by molar-refractivity contribution is 0.0696. The van der Waals surface area contributed by atoms with Crippen LogP contribution in [-0.2, 0) is 9.84 Å². The van der Waals surface area contributed by atoms with Gasteiger partial charge in [-0.05, 0) is 42.9 Å². The highest BCUT2D eigenvalue weighted by atomic mass is 32.2. The van der Waals surface area contributed by atoms with Crippen molar-refractivity contribution in [3.05, 3.63) is 28.8 Å². The molecule has 0 bridgehead atoms. The SMILES string of the molecule is Cc1cc(C2CCC2)c(S(C)(=O)=O)cc1C(=O)O. The van der Waals surface area contributed by atoms with Gasteiger partial charge in [0.2, 0.25) is 0 Å². The quantitative estimate of drug-likeness (QED) is 0.913. The number of aryl methyl sites for hydroxylation is 1. The first-order valence-corrected chi connectivity index (χ1v) is 7.77. The third-order valence-electron chi connectivity index (χ3n) is 3.53. The molecule has 1 saturated carbocycles. The van der Waals surface area contributed by atoms with Crippen LogP contribution >= 0.6 is 0 Å². The van der Waals surface area contributed by atoms with Crippen LogP contribution in [0.3, 0.4) is 0 Å². The topological polar surface area (TPSA) is 71.4 Å².